The van der Waals surface area contributed by atoms with Gasteiger partial charge in [-0.25, -0.2) is 4.79 Å². The minimum atomic E-state index is -1.08. The standard InChI is InChI=1S/C20H21N3O7/c1-12(19(24)21-10-13-4-7-17-18(8-13)29-11-28-17)30-20(25)14-5-6-15(22(2)3)16(9-14)23(26)27/h4-9,12H,10-11H2,1-3H3,(H,21,24)/t12-/m0/s1. The summed E-state index contributed by atoms with van der Waals surface area (Å²) in [5.74, 6) is -0.0830. The smallest absolute Gasteiger partial charge is 0.339 e. The number of nitro groups is 1. The number of benzene rings is 2. The van der Waals surface area contributed by atoms with Crippen molar-refractivity contribution in [2.45, 2.75) is 19.6 Å². The number of rotatable bonds is 7. The number of carbonyl (C=O) groups excluding carboxylic acids is 2. The van der Waals surface area contributed by atoms with Crippen LogP contribution in [-0.2, 0) is 16.1 Å². The van der Waals surface area contributed by atoms with Gasteiger partial charge in [0.2, 0.25) is 6.79 Å². The van der Waals surface area contributed by atoms with Gasteiger partial charge in [-0.1, -0.05) is 6.07 Å². The van der Waals surface area contributed by atoms with E-state index in [1.54, 1.807) is 37.2 Å². The molecule has 2 aromatic carbocycles. The summed E-state index contributed by atoms with van der Waals surface area (Å²) < 4.78 is 15.7. The van der Waals surface area contributed by atoms with Crippen LogP contribution in [-0.4, -0.2) is 43.8 Å². The zero-order chi connectivity index (χ0) is 21.8. The lowest BCUT2D eigenvalue weighted by molar-refractivity contribution is -0.384. The van der Waals surface area contributed by atoms with Crippen LogP contribution in [0.1, 0.15) is 22.8 Å². The molecule has 1 atom stereocenters. The minimum absolute atomic E-state index is 0.0114. The number of ether oxygens (including phenoxy) is 3. The van der Waals surface area contributed by atoms with Crippen molar-refractivity contribution in [3.63, 3.8) is 0 Å². The van der Waals surface area contributed by atoms with E-state index in [9.17, 15) is 19.7 Å². The molecule has 0 saturated carbocycles. The number of nitrogens with zero attached hydrogens (tertiary/aromatic N) is 2. The van der Waals surface area contributed by atoms with Crippen LogP contribution in [0.15, 0.2) is 36.4 Å². The Labute approximate surface area is 172 Å². The number of fused-ring (bicyclic) bond motifs is 1. The van der Waals surface area contributed by atoms with Crippen molar-refractivity contribution in [2.75, 3.05) is 25.8 Å². The van der Waals surface area contributed by atoms with E-state index >= 15 is 0 Å². The molecule has 10 heteroatoms. The second kappa shape index (κ2) is 8.68. The Hall–Kier alpha value is -3.82. The third-order valence-corrected chi connectivity index (χ3v) is 4.45. The molecule has 1 heterocycles. The van der Waals surface area contributed by atoms with Crippen molar-refractivity contribution < 1.29 is 28.7 Å². The molecule has 0 aliphatic carbocycles. The molecule has 0 bridgehead atoms. The molecule has 1 aliphatic heterocycles. The van der Waals surface area contributed by atoms with Gasteiger partial charge in [-0.3, -0.25) is 14.9 Å². The Morgan fingerprint density at radius 1 is 1.20 bits per heavy atom. The van der Waals surface area contributed by atoms with Crippen molar-refractivity contribution in [3.8, 4) is 11.5 Å². The van der Waals surface area contributed by atoms with Crippen LogP contribution >= 0.6 is 0 Å². The molecule has 0 radical (unpaired) electrons. The van der Waals surface area contributed by atoms with E-state index in [0.29, 0.717) is 17.2 Å². The third-order valence-electron chi connectivity index (χ3n) is 4.45. The molecule has 0 unspecified atom stereocenters. The molecule has 30 heavy (non-hydrogen) atoms. The summed E-state index contributed by atoms with van der Waals surface area (Å²) in [5.41, 5.74) is 0.907. The van der Waals surface area contributed by atoms with Crippen molar-refractivity contribution in [1.82, 2.24) is 5.32 Å². The number of anilines is 1. The summed E-state index contributed by atoms with van der Waals surface area (Å²) >= 11 is 0. The monoisotopic (exact) mass is 415 g/mol. The Morgan fingerprint density at radius 3 is 2.63 bits per heavy atom. The van der Waals surface area contributed by atoms with Crippen molar-refractivity contribution in [3.05, 3.63) is 57.6 Å². The third kappa shape index (κ3) is 4.59. The van der Waals surface area contributed by atoms with Gasteiger partial charge in [-0.05, 0) is 36.8 Å². The average molecular weight is 415 g/mol. The zero-order valence-corrected chi connectivity index (χ0v) is 16.7. The highest BCUT2D eigenvalue weighted by Crippen LogP contribution is 2.32. The topological polar surface area (TPSA) is 120 Å². The first-order valence-electron chi connectivity index (χ1n) is 9.09. The second-order valence-corrected chi connectivity index (χ2v) is 6.81. The van der Waals surface area contributed by atoms with Gasteiger partial charge in [0.15, 0.2) is 17.6 Å². The van der Waals surface area contributed by atoms with Gasteiger partial charge in [-0.2, -0.15) is 0 Å². The number of amides is 1. The van der Waals surface area contributed by atoms with Gasteiger partial charge in [-0.15, -0.1) is 0 Å². The highest BCUT2D eigenvalue weighted by molar-refractivity contribution is 5.93. The van der Waals surface area contributed by atoms with E-state index in [2.05, 4.69) is 5.32 Å². The first kappa shape index (κ1) is 20.9. The lowest BCUT2D eigenvalue weighted by Gasteiger charge is -2.15. The number of carbonyl (C=O) groups is 2. The lowest BCUT2D eigenvalue weighted by Crippen LogP contribution is -2.35. The summed E-state index contributed by atoms with van der Waals surface area (Å²) in [4.78, 5) is 36.9. The SMILES string of the molecule is C[C@H](OC(=O)c1ccc(N(C)C)c([N+](=O)[O-])c1)C(=O)NCc1ccc2c(c1)OCO2. The molecule has 10 nitrogen and oxygen atoms in total. The summed E-state index contributed by atoms with van der Waals surface area (Å²) in [6.45, 7) is 1.79. The molecule has 1 aliphatic rings. The van der Waals surface area contributed by atoms with Gasteiger partial charge in [0.05, 0.1) is 10.5 Å². The predicted octanol–water partition coefficient (Wildman–Crippen LogP) is 2.25. The van der Waals surface area contributed by atoms with Crippen LogP contribution in [0.3, 0.4) is 0 Å². The molecule has 0 spiro atoms. The van der Waals surface area contributed by atoms with Gasteiger partial charge in [0, 0.05) is 26.7 Å². The van der Waals surface area contributed by atoms with E-state index in [1.807, 2.05) is 0 Å². The molecule has 3 rings (SSSR count). The van der Waals surface area contributed by atoms with Crippen LogP contribution < -0.4 is 19.7 Å². The van der Waals surface area contributed by atoms with Gasteiger partial charge >= 0.3 is 5.97 Å². The summed E-state index contributed by atoms with van der Waals surface area (Å²) in [6.07, 6.45) is -1.08. The van der Waals surface area contributed by atoms with Crippen molar-refractivity contribution >= 4 is 23.3 Å². The maximum absolute atomic E-state index is 12.3. The van der Waals surface area contributed by atoms with E-state index < -0.39 is 22.9 Å². The quantitative estimate of drug-likeness (QED) is 0.415. The first-order chi connectivity index (χ1) is 14.3. The molecule has 1 N–H and O–H groups in total. The molecule has 158 valence electrons. The number of nitro benzene ring substituents is 1. The molecular formula is C20H21N3O7. The summed E-state index contributed by atoms with van der Waals surface area (Å²) in [5, 5.41) is 13.9. The van der Waals surface area contributed by atoms with Gasteiger partial charge in [0.25, 0.3) is 11.6 Å². The van der Waals surface area contributed by atoms with Crippen molar-refractivity contribution in [2.24, 2.45) is 0 Å². The Morgan fingerprint density at radius 2 is 1.93 bits per heavy atom. The predicted molar refractivity (Wildman–Crippen MR) is 107 cm³/mol. The average Bonchev–Trinajstić information content (AvgIpc) is 3.19. The van der Waals surface area contributed by atoms with Crippen molar-refractivity contribution in [1.29, 1.82) is 0 Å². The molecule has 0 fully saturated rings. The molecule has 0 saturated heterocycles. The summed E-state index contributed by atoms with van der Waals surface area (Å²) in [6, 6.07) is 9.30. The van der Waals surface area contributed by atoms with E-state index in [1.165, 1.54) is 19.1 Å². The molecule has 1 amide bonds. The van der Waals surface area contributed by atoms with E-state index in [-0.39, 0.29) is 24.6 Å². The maximum Gasteiger partial charge on any atom is 0.339 e. The fraction of sp³-hybridized carbons (Fsp3) is 0.300. The molecule has 0 aromatic heterocycles. The summed E-state index contributed by atoms with van der Waals surface area (Å²) in [7, 11) is 3.32. The van der Waals surface area contributed by atoms with Crippen LogP contribution in [0, 0.1) is 10.1 Å². The lowest BCUT2D eigenvalue weighted by atomic mass is 10.1. The van der Waals surface area contributed by atoms with Gasteiger partial charge < -0.3 is 24.4 Å². The first-order valence-corrected chi connectivity index (χ1v) is 9.09. The Bertz CT molecular complexity index is 990. The molecule has 2 aromatic rings. The Kier molecular flexibility index (Phi) is 6.05. The second-order valence-electron chi connectivity index (χ2n) is 6.81. The van der Waals surface area contributed by atoms with Crippen LogP contribution in [0.2, 0.25) is 0 Å². The Balaban J connectivity index is 1.60. The van der Waals surface area contributed by atoms with Crippen LogP contribution in [0.25, 0.3) is 0 Å². The van der Waals surface area contributed by atoms with Crippen LogP contribution in [0.4, 0.5) is 11.4 Å². The fourth-order valence-electron chi connectivity index (χ4n) is 2.84. The highest BCUT2D eigenvalue weighted by atomic mass is 16.7. The number of esters is 1. The van der Waals surface area contributed by atoms with Crippen LogP contribution in [0.5, 0.6) is 11.5 Å². The number of hydrogen-bond donors (Lipinski definition) is 1. The molecular weight excluding hydrogens is 394 g/mol. The van der Waals surface area contributed by atoms with E-state index in [0.717, 1.165) is 11.6 Å². The number of nitrogens with one attached hydrogen (secondary N) is 1. The fourth-order valence-corrected chi connectivity index (χ4v) is 2.84. The normalized spacial score (nSPS) is 12.8. The number of hydrogen-bond acceptors (Lipinski definition) is 8. The minimum Gasteiger partial charge on any atom is -0.454 e. The zero-order valence-electron chi connectivity index (χ0n) is 16.7. The van der Waals surface area contributed by atoms with E-state index in [4.69, 9.17) is 14.2 Å². The maximum atomic E-state index is 12.3. The highest BCUT2D eigenvalue weighted by Gasteiger charge is 2.23. The largest absolute Gasteiger partial charge is 0.454 e. The van der Waals surface area contributed by atoms with Gasteiger partial charge in [0.1, 0.15) is 5.69 Å².